The van der Waals surface area contributed by atoms with Crippen LogP contribution in [0.5, 0.6) is 0 Å². The Kier molecular flexibility index (Phi) is 4.99. The summed E-state index contributed by atoms with van der Waals surface area (Å²) in [6.45, 7) is 3.31. The smallest absolute Gasteiger partial charge is 0.249 e. The minimum atomic E-state index is -0.333. The zero-order valence-electron chi connectivity index (χ0n) is 15.0. The molecule has 4 rings (SSSR count). The van der Waals surface area contributed by atoms with Gasteiger partial charge in [0.1, 0.15) is 6.10 Å². The lowest BCUT2D eigenvalue weighted by Gasteiger charge is -2.33. The van der Waals surface area contributed by atoms with E-state index in [1.807, 2.05) is 30.1 Å². The Balaban J connectivity index is 1.28. The molecule has 2 aromatic rings. The number of nitrogens with zero attached hydrogens (tertiary/aromatic N) is 4. The standard InChI is InChI=1S/C19H25N5O2/c1-23-11-15(10-22-23)12-24-6-4-16-7-17(26-18(16)13-24)19(25)21-9-14-3-2-5-20-8-14/h2-3,5,8,10-11,16-18H,4,6-7,9,12-13H2,1H3,(H,21,25)/t16-,17-,18-/m1/s1. The third-order valence-electron chi connectivity index (χ3n) is 5.28. The highest BCUT2D eigenvalue weighted by atomic mass is 16.5. The van der Waals surface area contributed by atoms with Crippen molar-refractivity contribution in [3.05, 3.63) is 48.0 Å². The van der Waals surface area contributed by atoms with Gasteiger partial charge >= 0.3 is 0 Å². The Bertz CT molecular complexity index is 747. The van der Waals surface area contributed by atoms with Gasteiger partial charge < -0.3 is 10.1 Å². The highest BCUT2D eigenvalue weighted by Crippen LogP contribution is 2.33. The molecule has 2 fully saturated rings. The number of nitrogens with one attached hydrogen (secondary N) is 1. The number of carbonyl (C=O) groups excluding carboxylic acids is 1. The Morgan fingerprint density at radius 2 is 2.31 bits per heavy atom. The van der Waals surface area contributed by atoms with Gasteiger partial charge in [-0.3, -0.25) is 19.4 Å². The molecule has 7 nitrogen and oxygen atoms in total. The molecular weight excluding hydrogens is 330 g/mol. The summed E-state index contributed by atoms with van der Waals surface area (Å²) in [4.78, 5) is 18.9. The number of rotatable bonds is 5. The van der Waals surface area contributed by atoms with Crippen LogP contribution in [0.3, 0.4) is 0 Å². The minimum absolute atomic E-state index is 0.0120. The number of pyridine rings is 1. The number of carbonyl (C=O) groups is 1. The van der Waals surface area contributed by atoms with Gasteiger partial charge in [-0.2, -0.15) is 5.10 Å². The van der Waals surface area contributed by atoms with Gasteiger partial charge in [0.2, 0.25) is 5.91 Å². The number of likely N-dealkylation sites (tertiary alicyclic amines) is 1. The lowest BCUT2D eigenvalue weighted by atomic mass is 9.91. The molecule has 0 aliphatic carbocycles. The summed E-state index contributed by atoms with van der Waals surface area (Å²) in [5.41, 5.74) is 2.22. The molecule has 0 aromatic carbocycles. The van der Waals surface area contributed by atoms with Crippen molar-refractivity contribution < 1.29 is 9.53 Å². The molecule has 7 heteroatoms. The quantitative estimate of drug-likeness (QED) is 0.870. The van der Waals surface area contributed by atoms with Crippen molar-refractivity contribution in [1.29, 1.82) is 0 Å². The molecule has 3 atom stereocenters. The van der Waals surface area contributed by atoms with Crippen molar-refractivity contribution in [2.45, 2.75) is 38.1 Å². The Morgan fingerprint density at radius 1 is 1.38 bits per heavy atom. The van der Waals surface area contributed by atoms with Crippen molar-refractivity contribution >= 4 is 5.91 Å². The number of aryl methyl sites for hydroxylation is 1. The lowest BCUT2D eigenvalue weighted by molar-refractivity contribution is -0.133. The molecule has 2 aromatic heterocycles. The van der Waals surface area contributed by atoms with Crippen LogP contribution < -0.4 is 5.32 Å². The van der Waals surface area contributed by atoms with Crippen molar-refractivity contribution in [3.8, 4) is 0 Å². The Hall–Kier alpha value is -2.25. The largest absolute Gasteiger partial charge is 0.364 e. The van der Waals surface area contributed by atoms with Gasteiger partial charge in [-0.1, -0.05) is 6.07 Å². The third-order valence-corrected chi connectivity index (χ3v) is 5.28. The monoisotopic (exact) mass is 355 g/mol. The van der Waals surface area contributed by atoms with Gasteiger partial charge in [-0.15, -0.1) is 0 Å². The predicted molar refractivity (Wildman–Crippen MR) is 96.0 cm³/mol. The molecule has 2 aliphatic rings. The van der Waals surface area contributed by atoms with Crippen LogP contribution in [0.25, 0.3) is 0 Å². The number of ether oxygens (including phenoxy) is 1. The number of hydrogen-bond donors (Lipinski definition) is 1. The molecule has 138 valence electrons. The van der Waals surface area contributed by atoms with E-state index in [4.69, 9.17) is 4.74 Å². The van der Waals surface area contributed by atoms with Crippen LogP contribution >= 0.6 is 0 Å². The summed E-state index contributed by atoms with van der Waals surface area (Å²) in [7, 11) is 1.94. The Labute approximate surface area is 153 Å². The first-order valence-corrected chi connectivity index (χ1v) is 9.19. The maximum Gasteiger partial charge on any atom is 0.249 e. The van der Waals surface area contributed by atoms with Crippen molar-refractivity contribution in [2.75, 3.05) is 13.1 Å². The van der Waals surface area contributed by atoms with Gasteiger partial charge in [0.25, 0.3) is 0 Å². The molecule has 2 saturated heterocycles. The van der Waals surface area contributed by atoms with Crippen LogP contribution in [0.4, 0.5) is 0 Å². The fraction of sp³-hybridized carbons (Fsp3) is 0.526. The van der Waals surface area contributed by atoms with E-state index in [0.29, 0.717) is 12.5 Å². The van der Waals surface area contributed by atoms with Crippen LogP contribution in [0.2, 0.25) is 0 Å². The van der Waals surface area contributed by atoms with Gasteiger partial charge in [0, 0.05) is 50.8 Å². The molecular formula is C19H25N5O2. The van der Waals surface area contributed by atoms with Crippen molar-refractivity contribution in [3.63, 3.8) is 0 Å². The second-order valence-electron chi connectivity index (χ2n) is 7.28. The highest BCUT2D eigenvalue weighted by Gasteiger charge is 2.41. The average Bonchev–Trinajstić information content (AvgIpc) is 3.26. The molecule has 2 aliphatic heterocycles. The highest BCUT2D eigenvalue weighted by molar-refractivity contribution is 5.81. The molecule has 1 amide bonds. The number of fused-ring (bicyclic) bond motifs is 1. The summed E-state index contributed by atoms with van der Waals surface area (Å²) < 4.78 is 7.93. The zero-order valence-corrected chi connectivity index (χ0v) is 15.0. The lowest BCUT2D eigenvalue weighted by Crippen LogP contribution is -2.42. The molecule has 0 unspecified atom stereocenters. The molecule has 4 heterocycles. The first kappa shape index (κ1) is 17.2. The van der Waals surface area contributed by atoms with E-state index < -0.39 is 0 Å². The first-order valence-electron chi connectivity index (χ1n) is 9.19. The van der Waals surface area contributed by atoms with E-state index in [1.54, 1.807) is 12.4 Å². The first-order chi connectivity index (χ1) is 12.7. The number of amides is 1. The Morgan fingerprint density at radius 3 is 3.08 bits per heavy atom. The van der Waals surface area contributed by atoms with Crippen LogP contribution in [0.15, 0.2) is 36.9 Å². The molecule has 0 radical (unpaired) electrons. The van der Waals surface area contributed by atoms with Gasteiger partial charge in [-0.25, -0.2) is 0 Å². The fourth-order valence-corrected chi connectivity index (χ4v) is 3.92. The normalized spacial score (nSPS) is 25.8. The second-order valence-corrected chi connectivity index (χ2v) is 7.28. The molecule has 0 bridgehead atoms. The average molecular weight is 355 g/mol. The summed E-state index contributed by atoms with van der Waals surface area (Å²) in [6.07, 6.45) is 9.18. The minimum Gasteiger partial charge on any atom is -0.364 e. The van der Waals surface area contributed by atoms with Crippen molar-refractivity contribution in [2.24, 2.45) is 13.0 Å². The zero-order chi connectivity index (χ0) is 17.9. The summed E-state index contributed by atoms with van der Waals surface area (Å²) in [6, 6.07) is 3.83. The SMILES string of the molecule is Cn1cc(CN2CC[C@@H]3C[C@H](C(=O)NCc4cccnc4)O[C@@H]3C2)cn1. The van der Waals surface area contributed by atoms with Crippen molar-refractivity contribution in [1.82, 2.24) is 25.0 Å². The number of hydrogen-bond acceptors (Lipinski definition) is 5. The van der Waals surface area contributed by atoms with E-state index in [1.165, 1.54) is 5.56 Å². The summed E-state index contributed by atoms with van der Waals surface area (Å²) >= 11 is 0. The van der Waals surface area contributed by atoms with Crippen LogP contribution in [0.1, 0.15) is 24.0 Å². The summed E-state index contributed by atoms with van der Waals surface area (Å²) in [5.74, 6) is 0.469. The third kappa shape index (κ3) is 3.94. The van der Waals surface area contributed by atoms with Gasteiger partial charge in [-0.05, 0) is 36.9 Å². The van der Waals surface area contributed by atoms with E-state index >= 15 is 0 Å². The summed E-state index contributed by atoms with van der Waals surface area (Å²) in [5, 5.41) is 7.21. The maximum absolute atomic E-state index is 12.5. The molecule has 26 heavy (non-hydrogen) atoms. The maximum atomic E-state index is 12.5. The van der Waals surface area contributed by atoms with Gasteiger partial charge in [0.05, 0.1) is 12.3 Å². The fourth-order valence-electron chi connectivity index (χ4n) is 3.92. The number of aromatic nitrogens is 3. The number of piperidine rings is 1. The van der Waals surface area contributed by atoms with E-state index in [2.05, 4.69) is 26.5 Å². The van der Waals surface area contributed by atoms with E-state index in [-0.39, 0.29) is 18.1 Å². The van der Waals surface area contributed by atoms with E-state index in [0.717, 1.165) is 38.0 Å². The van der Waals surface area contributed by atoms with Crippen LogP contribution in [0, 0.1) is 5.92 Å². The second kappa shape index (κ2) is 7.55. The van der Waals surface area contributed by atoms with Crippen LogP contribution in [-0.4, -0.2) is 50.9 Å². The molecule has 1 N–H and O–H groups in total. The topological polar surface area (TPSA) is 72.3 Å². The van der Waals surface area contributed by atoms with Crippen LogP contribution in [-0.2, 0) is 29.7 Å². The predicted octanol–water partition coefficient (Wildman–Crippen LogP) is 1.11. The molecule has 0 spiro atoms. The van der Waals surface area contributed by atoms with E-state index in [9.17, 15) is 4.79 Å². The molecule has 0 saturated carbocycles. The van der Waals surface area contributed by atoms with Gasteiger partial charge in [0.15, 0.2) is 0 Å².